The van der Waals surface area contributed by atoms with Crippen LogP contribution in [0, 0.1) is 0 Å². The van der Waals surface area contributed by atoms with Crippen molar-refractivity contribution in [3.63, 3.8) is 0 Å². The smallest absolute Gasteiger partial charge is 0.0605 e. The first-order chi connectivity index (χ1) is 7.42. The Hall–Kier alpha value is -0.540. The highest BCUT2D eigenvalue weighted by atomic mass is 32.2. The zero-order chi connectivity index (χ0) is 10.5. The number of rotatable bonds is 5. The summed E-state index contributed by atoms with van der Waals surface area (Å²) >= 11 is 1.91. The minimum atomic E-state index is 0.503. The van der Waals surface area contributed by atoms with Crippen LogP contribution in [0.1, 0.15) is 30.1 Å². The molecule has 0 spiro atoms. The van der Waals surface area contributed by atoms with Gasteiger partial charge in [-0.1, -0.05) is 6.07 Å². The quantitative estimate of drug-likeness (QED) is 0.774. The van der Waals surface area contributed by atoms with E-state index < -0.39 is 0 Å². The van der Waals surface area contributed by atoms with Crippen LogP contribution in [0.5, 0.6) is 0 Å². The van der Waals surface area contributed by atoms with Gasteiger partial charge in [-0.25, -0.2) is 0 Å². The molecule has 2 nitrogen and oxygen atoms in total. The molecule has 1 aliphatic rings. The first-order valence-corrected chi connectivity index (χ1v) is 6.97. The zero-order valence-corrected chi connectivity index (χ0v) is 10.0. The summed E-state index contributed by atoms with van der Waals surface area (Å²) in [7, 11) is 0. The van der Waals surface area contributed by atoms with E-state index in [1.54, 1.807) is 0 Å². The summed E-state index contributed by atoms with van der Waals surface area (Å²) in [4.78, 5) is 4.47. The average Bonchev–Trinajstić information content (AvgIpc) is 2.68. The molecule has 0 aliphatic heterocycles. The maximum Gasteiger partial charge on any atom is 0.0605 e. The molecular weight excluding hydrogens is 204 g/mol. The van der Waals surface area contributed by atoms with Crippen LogP contribution < -0.4 is 5.32 Å². The van der Waals surface area contributed by atoms with Crippen molar-refractivity contribution in [1.82, 2.24) is 10.3 Å². The molecule has 15 heavy (non-hydrogen) atoms. The molecule has 1 aromatic rings. The molecule has 1 unspecified atom stereocenters. The van der Waals surface area contributed by atoms with E-state index in [1.165, 1.54) is 36.3 Å². The summed E-state index contributed by atoms with van der Waals surface area (Å²) in [5, 5.41) is 3.60. The van der Waals surface area contributed by atoms with Crippen molar-refractivity contribution in [2.24, 2.45) is 0 Å². The van der Waals surface area contributed by atoms with Crippen LogP contribution in [-0.2, 0) is 6.42 Å². The van der Waals surface area contributed by atoms with Gasteiger partial charge in [-0.15, -0.1) is 0 Å². The summed E-state index contributed by atoms with van der Waals surface area (Å²) in [6.45, 7) is 1.11. The van der Waals surface area contributed by atoms with Gasteiger partial charge in [-0.3, -0.25) is 4.98 Å². The minimum Gasteiger partial charge on any atom is -0.309 e. The topological polar surface area (TPSA) is 24.9 Å². The van der Waals surface area contributed by atoms with Gasteiger partial charge < -0.3 is 5.32 Å². The van der Waals surface area contributed by atoms with E-state index in [2.05, 4.69) is 22.6 Å². The van der Waals surface area contributed by atoms with E-state index in [0.29, 0.717) is 6.04 Å². The van der Waals surface area contributed by atoms with Crippen LogP contribution in [0.4, 0.5) is 0 Å². The standard InChI is InChI=1S/C12H18N2S/c1-15-9-3-8-13-11-6-5-10-4-2-7-14-12(10)11/h2,4,7,11,13H,3,5-6,8-9H2,1H3. The molecule has 1 N–H and O–H groups in total. The third-order valence-electron chi connectivity index (χ3n) is 2.87. The fourth-order valence-electron chi connectivity index (χ4n) is 2.10. The molecule has 1 atom stereocenters. The van der Waals surface area contributed by atoms with Crippen LogP contribution in [0.15, 0.2) is 18.3 Å². The van der Waals surface area contributed by atoms with Crippen molar-refractivity contribution in [3.05, 3.63) is 29.6 Å². The van der Waals surface area contributed by atoms with Crippen LogP contribution in [-0.4, -0.2) is 23.5 Å². The molecule has 0 fully saturated rings. The second kappa shape index (κ2) is 5.52. The monoisotopic (exact) mass is 222 g/mol. The second-order valence-corrected chi connectivity index (χ2v) is 4.93. The van der Waals surface area contributed by atoms with E-state index in [0.717, 1.165) is 6.54 Å². The number of nitrogens with one attached hydrogen (secondary N) is 1. The lowest BCUT2D eigenvalue weighted by Gasteiger charge is -2.12. The maximum atomic E-state index is 4.47. The molecule has 0 radical (unpaired) electrons. The van der Waals surface area contributed by atoms with Crippen molar-refractivity contribution < 1.29 is 0 Å². The van der Waals surface area contributed by atoms with E-state index in [4.69, 9.17) is 0 Å². The van der Waals surface area contributed by atoms with Crippen LogP contribution in [0.3, 0.4) is 0 Å². The molecule has 82 valence electrons. The van der Waals surface area contributed by atoms with Crippen molar-refractivity contribution in [2.75, 3.05) is 18.6 Å². The Balaban J connectivity index is 1.85. The lowest BCUT2D eigenvalue weighted by Crippen LogP contribution is -2.21. The number of thioether (sulfide) groups is 1. The molecule has 0 saturated heterocycles. The van der Waals surface area contributed by atoms with Gasteiger partial charge in [0, 0.05) is 6.20 Å². The molecule has 0 aromatic carbocycles. The average molecular weight is 222 g/mol. The molecular formula is C12H18N2S. The molecule has 0 amide bonds. The number of aryl methyl sites for hydroxylation is 1. The molecule has 1 heterocycles. The molecule has 2 rings (SSSR count). The Morgan fingerprint density at radius 1 is 1.60 bits per heavy atom. The van der Waals surface area contributed by atoms with E-state index in [-0.39, 0.29) is 0 Å². The van der Waals surface area contributed by atoms with Gasteiger partial charge in [0.2, 0.25) is 0 Å². The van der Waals surface area contributed by atoms with Gasteiger partial charge in [0.05, 0.1) is 11.7 Å². The van der Waals surface area contributed by atoms with E-state index in [9.17, 15) is 0 Å². The number of hydrogen-bond donors (Lipinski definition) is 1. The SMILES string of the molecule is CSCCCNC1CCc2cccnc21. The lowest BCUT2D eigenvalue weighted by atomic mass is 10.2. The Kier molecular flexibility index (Phi) is 4.03. The van der Waals surface area contributed by atoms with E-state index >= 15 is 0 Å². The zero-order valence-electron chi connectivity index (χ0n) is 9.20. The van der Waals surface area contributed by atoms with Crippen LogP contribution >= 0.6 is 11.8 Å². The highest BCUT2D eigenvalue weighted by Gasteiger charge is 2.22. The number of hydrogen-bond acceptors (Lipinski definition) is 3. The van der Waals surface area contributed by atoms with Crippen molar-refractivity contribution in [1.29, 1.82) is 0 Å². The second-order valence-electron chi connectivity index (χ2n) is 3.94. The van der Waals surface area contributed by atoms with Crippen molar-refractivity contribution in [3.8, 4) is 0 Å². The first kappa shape index (κ1) is 11.0. The number of pyridine rings is 1. The summed E-state index contributed by atoms with van der Waals surface area (Å²) in [5.74, 6) is 1.24. The third kappa shape index (κ3) is 2.73. The Morgan fingerprint density at radius 3 is 3.40 bits per heavy atom. The number of nitrogens with zero attached hydrogens (tertiary/aromatic N) is 1. The number of aromatic nitrogens is 1. The Bertz CT molecular complexity index is 314. The van der Waals surface area contributed by atoms with E-state index in [1.807, 2.05) is 24.0 Å². The highest BCUT2D eigenvalue weighted by Crippen LogP contribution is 2.28. The Labute approximate surface area is 95.9 Å². The van der Waals surface area contributed by atoms with Crippen molar-refractivity contribution in [2.45, 2.75) is 25.3 Å². The van der Waals surface area contributed by atoms with Gasteiger partial charge in [0.25, 0.3) is 0 Å². The molecule has 1 aromatic heterocycles. The maximum absolute atomic E-state index is 4.47. The molecule has 0 saturated carbocycles. The van der Waals surface area contributed by atoms with Crippen LogP contribution in [0.25, 0.3) is 0 Å². The molecule has 1 aliphatic carbocycles. The number of fused-ring (bicyclic) bond motifs is 1. The summed E-state index contributed by atoms with van der Waals surface area (Å²) in [5.41, 5.74) is 2.71. The molecule has 3 heteroatoms. The predicted octanol–water partition coefficient (Wildman–Crippen LogP) is 2.41. The fourth-order valence-corrected chi connectivity index (χ4v) is 2.54. The van der Waals surface area contributed by atoms with Gasteiger partial charge >= 0.3 is 0 Å². The summed E-state index contributed by atoms with van der Waals surface area (Å²) < 4.78 is 0. The predicted molar refractivity (Wildman–Crippen MR) is 66.3 cm³/mol. The highest BCUT2D eigenvalue weighted by molar-refractivity contribution is 7.98. The van der Waals surface area contributed by atoms with Gasteiger partial charge in [0.15, 0.2) is 0 Å². The van der Waals surface area contributed by atoms with Crippen molar-refractivity contribution >= 4 is 11.8 Å². The Morgan fingerprint density at radius 2 is 2.53 bits per heavy atom. The molecule has 0 bridgehead atoms. The lowest BCUT2D eigenvalue weighted by molar-refractivity contribution is 0.522. The minimum absolute atomic E-state index is 0.503. The van der Waals surface area contributed by atoms with Gasteiger partial charge in [-0.2, -0.15) is 11.8 Å². The normalized spacial score (nSPS) is 19.1. The van der Waals surface area contributed by atoms with Gasteiger partial charge in [-0.05, 0) is 49.4 Å². The first-order valence-electron chi connectivity index (χ1n) is 5.58. The third-order valence-corrected chi connectivity index (χ3v) is 3.57. The fraction of sp³-hybridized carbons (Fsp3) is 0.583. The largest absolute Gasteiger partial charge is 0.309 e. The summed E-state index contributed by atoms with van der Waals surface area (Å²) in [6, 6.07) is 4.74. The van der Waals surface area contributed by atoms with Gasteiger partial charge in [0.1, 0.15) is 0 Å². The van der Waals surface area contributed by atoms with Crippen LogP contribution in [0.2, 0.25) is 0 Å². The summed E-state index contributed by atoms with van der Waals surface area (Å²) in [6.07, 6.45) is 7.71.